The fourth-order valence-electron chi connectivity index (χ4n) is 1.65. The Labute approximate surface area is 83.7 Å². The van der Waals surface area contributed by atoms with Crippen LogP contribution < -0.4 is 5.32 Å². The molecule has 1 aliphatic heterocycles. The number of carbonyl (C=O) groups is 1. The molecule has 0 radical (unpaired) electrons. The molecule has 1 rings (SSSR count). The lowest BCUT2D eigenvalue weighted by molar-refractivity contribution is -0.0152. The molecule has 0 spiro atoms. The topological polar surface area (TPSA) is 72.8 Å². The molecule has 1 heterocycles. The molecule has 5 nitrogen and oxygen atoms in total. The molecule has 0 unspecified atom stereocenters. The summed E-state index contributed by atoms with van der Waals surface area (Å²) in [6.45, 7) is 4.21. The second-order valence-corrected chi connectivity index (χ2v) is 3.77. The van der Waals surface area contributed by atoms with Crippen molar-refractivity contribution in [1.29, 1.82) is 0 Å². The third-order valence-electron chi connectivity index (χ3n) is 2.67. The third kappa shape index (κ3) is 2.85. The van der Waals surface area contributed by atoms with E-state index in [1.807, 2.05) is 6.92 Å². The Balaban J connectivity index is 2.36. The van der Waals surface area contributed by atoms with Crippen LogP contribution in [0.15, 0.2) is 0 Å². The number of likely N-dealkylation sites (tertiary alicyclic amines) is 1. The van der Waals surface area contributed by atoms with E-state index in [1.165, 1.54) is 4.90 Å². The third-order valence-corrected chi connectivity index (χ3v) is 2.67. The van der Waals surface area contributed by atoms with Crippen LogP contribution in [0, 0.1) is 0 Å². The van der Waals surface area contributed by atoms with Gasteiger partial charge in [0.15, 0.2) is 0 Å². The first-order valence-electron chi connectivity index (χ1n) is 4.98. The highest BCUT2D eigenvalue weighted by Crippen LogP contribution is 2.21. The highest BCUT2D eigenvalue weighted by Gasteiger charge is 2.33. The van der Waals surface area contributed by atoms with Gasteiger partial charge in [-0.1, -0.05) is 6.92 Å². The van der Waals surface area contributed by atoms with E-state index in [0.717, 1.165) is 6.54 Å². The molecule has 0 atom stereocenters. The summed E-state index contributed by atoms with van der Waals surface area (Å²) < 4.78 is 0. The van der Waals surface area contributed by atoms with Crippen LogP contribution in [0.4, 0.5) is 4.79 Å². The number of likely N-dealkylation sites (N-methyl/N-ethyl adjacent to an activating group) is 1. The Bertz CT molecular complexity index is 200. The molecular formula is C9H18N2O3. The Hall–Kier alpha value is -0.810. The van der Waals surface area contributed by atoms with Crippen LogP contribution in [-0.2, 0) is 0 Å². The highest BCUT2D eigenvalue weighted by molar-refractivity contribution is 5.65. The Morgan fingerprint density at radius 1 is 1.50 bits per heavy atom. The lowest BCUT2D eigenvalue weighted by Crippen LogP contribution is -2.51. The number of aliphatic hydroxyl groups is 1. The fourth-order valence-corrected chi connectivity index (χ4v) is 1.65. The standard InChI is InChI=1S/C9H18N2O3/c1-2-10-7-9(14)3-5-11(6-4-9)8(12)13/h10,14H,2-7H2,1H3,(H,12,13). The van der Waals surface area contributed by atoms with Crippen LogP contribution in [0.2, 0.25) is 0 Å². The zero-order valence-electron chi connectivity index (χ0n) is 8.49. The van der Waals surface area contributed by atoms with E-state index < -0.39 is 11.7 Å². The number of nitrogens with one attached hydrogen (secondary N) is 1. The molecule has 82 valence electrons. The number of nitrogens with zero attached hydrogens (tertiary/aromatic N) is 1. The van der Waals surface area contributed by atoms with Crippen LogP contribution in [-0.4, -0.2) is 53.0 Å². The maximum Gasteiger partial charge on any atom is 0.407 e. The van der Waals surface area contributed by atoms with Gasteiger partial charge >= 0.3 is 6.09 Å². The monoisotopic (exact) mass is 202 g/mol. The van der Waals surface area contributed by atoms with Crippen molar-refractivity contribution in [2.45, 2.75) is 25.4 Å². The van der Waals surface area contributed by atoms with Crippen molar-refractivity contribution in [3.8, 4) is 0 Å². The normalized spacial score (nSPS) is 20.9. The van der Waals surface area contributed by atoms with Gasteiger partial charge in [-0.3, -0.25) is 0 Å². The molecule has 5 heteroatoms. The lowest BCUT2D eigenvalue weighted by atomic mass is 9.91. The van der Waals surface area contributed by atoms with Gasteiger partial charge in [-0.05, 0) is 19.4 Å². The summed E-state index contributed by atoms with van der Waals surface area (Å²) in [6.07, 6.45) is 0.147. The largest absolute Gasteiger partial charge is 0.465 e. The highest BCUT2D eigenvalue weighted by atomic mass is 16.4. The van der Waals surface area contributed by atoms with Crippen molar-refractivity contribution in [1.82, 2.24) is 10.2 Å². The predicted molar refractivity (Wildman–Crippen MR) is 52.3 cm³/mol. The van der Waals surface area contributed by atoms with Crippen molar-refractivity contribution in [3.05, 3.63) is 0 Å². The fraction of sp³-hybridized carbons (Fsp3) is 0.889. The number of hydrogen-bond donors (Lipinski definition) is 3. The molecule has 0 bridgehead atoms. The van der Waals surface area contributed by atoms with Crippen LogP contribution >= 0.6 is 0 Å². The van der Waals surface area contributed by atoms with E-state index >= 15 is 0 Å². The van der Waals surface area contributed by atoms with Gasteiger partial charge in [0.2, 0.25) is 0 Å². The van der Waals surface area contributed by atoms with Gasteiger partial charge in [0.05, 0.1) is 5.60 Å². The van der Waals surface area contributed by atoms with E-state index in [-0.39, 0.29) is 0 Å². The SMILES string of the molecule is CCNCC1(O)CCN(C(=O)O)CC1. The maximum atomic E-state index is 10.6. The molecule has 1 fully saturated rings. The predicted octanol–water partition coefficient (Wildman–Crippen LogP) is 0.101. The van der Waals surface area contributed by atoms with Gasteiger partial charge < -0.3 is 20.4 Å². The van der Waals surface area contributed by atoms with Crippen molar-refractivity contribution in [3.63, 3.8) is 0 Å². The molecule has 0 aromatic rings. The zero-order valence-corrected chi connectivity index (χ0v) is 8.49. The van der Waals surface area contributed by atoms with Gasteiger partial charge in [0, 0.05) is 19.6 Å². The second kappa shape index (κ2) is 4.61. The van der Waals surface area contributed by atoms with Gasteiger partial charge in [-0.2, -0.15) is 0 Å². The first-order chi connectivity index (χ1) is 6.57. The molecule has 3 N–H and O–H groups in total. The summed E-state index contributed by atoms with van der Waals surface area (Å²) in [5.74, 6) is 0. The summed E-state index contributed by atoms with van der Waals surface area (Å²) in [5.41, 5.74) is -0.720. The smallest absolute Gasteiger partial charge is 0.407 e. The van der Waals surface area contributed by atoms with Crippen LogP contribution in [0.25, 0.3) is 0 Å². The summed E-state index contributed by atoms with van der Waals surface area (Å²) in [5, 5.41) is 21.8. The molecule has 0 saturated carbocycles. The molecule has 0 aromatic carbocycles. The molecular weight excluding hydrogens is 184 g/mol. The summed E-state index contributed by atoms with van der Waals surface area (Å²) >= 11 is 0. The van der Waals surface area contributed by atoms with Crippen LogP contribution in [0.3, 0.4) is 0 Å². The molecule has 1 saturated heterocycles. The molecule has 0 aliphatic carbocycles. The summed E-state index contributed by atoms with van der Waals surface area (Å²) in [4.78, 5) is 12.0. The first-order valence-corrected chi connectivity index (χ1v) is 4.98. The molecule has 14 heavy (non-hydrogen) atoms. The lowest BCUT2D eigenvalue weighted by Gasteiger charge is -2.37. The van der Waals surface area contributed by atoms with Crippen molar-refractivity contribution in [2.24, 2.45) is 0 Å². The zero-order chi connectivity index (χ0) is 10.6. The number of rotatable bonds is 3. The number of carboxylic acid groups (broad SMARTS) is 1. The maximum absolute atomic E-state index is 10.6. The van der Waals surface area contributed by atoms with Crippen molar-refractivity contribution >= 4 is 6.09 Å². The van der Waals surface area contributed by atoms with Gasteiger partial charge in [-0.15, -0.1) is 0 Å². The number of amides is 1. The molecule has 1 aliphatic rings. The number of piperidine rings is 1. The van der Waals surface area contributed by atoms with Gasteiger partial charge in [-0.25, -0.2) is 4.79 Å². The van der Waals surface area contributed by atoms with Crippen molar-refractivity contribution in [2.75, 3.05) is 26.2 Å². The summed E-state index contributed by atoms with van der Waals surface area (Å²) in [7, 11) is 0. The second-order valence-electron chi connectivity index (χ2n) is 3.77. The minimum atomic E-state index is -0.893. The van der Waals surface area contributed by atoms with Crippen LogP contribution in [0.5, 0.6) is 0 Å². The van der Waals surface area contributed by atoms with E-state index in [1.54, 1.807) is 0 Å². The Morgan fingerprint density at radius 2 is 2.07 bits per heavy atom. The van der Waals surface area contributed by atoms with Gasteiger partial charge in [0.25, 0.3) is 0 Å². The molecule has 0 aromatic heterocycles. The van der Waals surface area contributed by atoms with E-state index in [0.29, 0.717) is 32.5 Å². The first kappa shape index (κ1) is 11.3. The average molecular weight is 202 g/mol. The minimum Gasteiger partial charge on any atom is -0.465 e. The van der Waals surface area contributed by atoms with E-state index in [9.17, 15) is 9.90 Å². The van der Waals surface area contributed by atoms with Crippen LogP contribution in [0.1, 0.15) is 19.8 Å². The van der Waals surface area contributed by atoms with Gasteiger partial charge in [0.1, 0.15) is 0 Å². The minimum absolute atomic E-state index is 0.428. The van der Waals surface area contributed by atoms with E-state index in [2.05, 4.69) is 5.32 Å². The quantitative estimate of drug-likeness (QED) is 0.607. The number of hydrogen-bond acceptors (Lipinski definition) is 3. The van der Waals surface area contributed by atoms with E-state index in [4.69, 9.17) is 5.11 Å². The molecule has 1 amide bonds. The van der Waals surface area contributed by atoms with Crippen molar-refractivity contribution < 1.29 is 15.0 Å². The summed E-state index contributed by atoms with van der Waals surface area (Å²) in [6, 6.07) is 0. The Morgan fingerprint density at radius 3 is 2.50 bits per heavy atom. The average Bonchev–Trinajstić information content (AvgIpc) is 2.16. The Kier molecular flexibility index (Phi) is 3.71.